The maximum atomic E-state index is 12.6. The van der Waals surface area contributed by atoms with Crippen LogP contribution in [0.1, 0.15) is 25.3 Å². The second-order valence-corrected chi connectivity index (χ2v) is 7.24. The summed E-state index contributed by atoms with van der Waals surface area (Å²) in [5, 5.41) is 0. The highest BCUT2D eigenvalue weighted by Crippen LogP contribution is 2.24. The van der Waals surface area contributed by atoms with E-state index in [2.05, 4.69) is 12.8 Å². The van der Waals surface area contributed by atoms with E-state index in [1.54, 1.807) is 35.6 Å². The van der Waals surface area contributed by atoms with Gasteiger partial charge in [0.2, 0.25) is 0 Å². The molecule has 1 aliphatic heterocycles. The first-order valence-electron chi connectivity index (χ1n) is 6.76. The number of piperidine rings is 1. The van der Waals surface area contributed by atoms with Crippen molar-refractivity contribution in [1.82, 2.24) is 4.31 Å². The summed E-state index contributed by atoms with van der Waals surface area (Å²) in [6, 6.07) is 7.03. The van der Waals surface area contributed by atoms with Crippen LogP contribution in [0.3, 0.4) is 0 Å². The van der Waals surface area contributed by atoms with Crippen LogP contribution in [0, 0.1) is 18.3 Å². The molecule has 0 spiro atoms. The molecule has 1 aromatic carbocycles. The zero-order valence-corrected chi connectivity index (χ0v) is 12.7. The Morgan fingerprint density at radius 2 is 2.20 bits per heavy atom. The van der Waals surface area contributed by atoms with Gasteiger partial charge < -0.3 is 0 Å². The quantitative estimate of drug-likeness (QED) is 0.800. The molecular weight excluding hydrogens is 272 g/mol. The molecule has 0 saturated carbocycles. The van der Waals surface area contributed by atoms with Crippen LogP contribution in [0.25, 0.3) is 0 Å². The van der Waals surface area contributed by atoms with E-state index in [4.69, 9.17) is 6.42 Å². The summed E-state index contributed by atoms with van der Waals surface area (Å²) in [6.45, 7) is 3.26. The summed E-state index contributed by atoms with van der Waals surface area (Å²) >= 11 is 0. The summed E-state index contributed by atoms with van der Waals surface area (Å²) in [4.78, 5) is 0. The molecule has 1 fully saturated rings. The predicted octanol–water partition coefficient (Wildman–Crippen LogP) is 2.08. The van der Waals surface area contributed by atoms with Crippen molar-refractivity contribution in [3.63, 3.8) is 0 Å². The molecule has 4 nitrogen and oxygen atoms in total. The first kappa shape index (κ1) is 14.9. The zero-order chi connectivity index (χ0) is 14.8. The van der Waals surface area contributed by atoms with Crippen molar-refractivity contribution >= 4 is 15.9 Å². The van der Waals surface area contributed by atoms with Crippen LogP contribution in [0.4, 0.5) is 5.69 Å². The van der Waals surface area contributed by atoms with Gasteiger partial charge in [-0.15, -0.1) is 6.42 Å². The van der Waals surface area contributed by atoms with E-state index in [0.717, 1.165) is 12.8 Å². The lowest BCUT2D eigenvalue weighted by Crippen LogP contribution is -2.46. The lowest BCUT2D eigenvalue weighted by atomic mass is 10.0. The maximum absolute atomic E-state index is 12.6. The van der Waals surface area contributed by atoms with Crippen LogP contribution in [0.5, 0.6) is 0 Å². The maximum Gasteiger partial charge on any atom is 0.303 e. The number of rotatable bonds is 3. The normalized spacial score (nSPS) is 20.4. The number of nitrogens with zero attached hydrogens (tertiary/aromatic N) is 2. The van der Waals surface area contributed by atoms with Crippen molar-refractivity contribution in [2.24, 2.45) is 5.92 Å². The topological polar surface area (TPSA) is 40.6 Å². The van der Waals surface area contributed by atoms with Gasteiger partial charge in [0, 0.05) is 25.7 Å². The fourth-order valence-corrected chi connectivity index (χ4v) is 3.98. The molecule has 5 heteroatoms. The van der Waals surface area contributed by atoms with E-state index < -0.39 is 10.2 Å². The molecule has 20 heavy (non-hydrogen) atoms. The first-order valence-corrected chi connectivity index (χ1v) is 8.15. The van der Waals surface area contributed by atoms with Crippen LogP contribution in [0.2, 0.25) is 0 Å². The average Bonchev–Trinajstić information content (AvgIpc) is 2.46. The Labute approximate surface area is 121 Å². The molecule has 1 aromatic rings. The molecule has 1 atom stereocenters. The molecule has 0 aromatic heterocycles. The van der Waals surface area contributed by atoms with Gasteiger partial charge in [-0.25, -0.2) is 0 Å². The molecule has 1 aliphatic rings. The van der Waals surface area contributed by atoms with E-state index >= 15 is 0 Å². The van der Waals surface area contributed by atoms with Gasteiger partial charge in [-0.05, 0) is 37.0 Å². The minimum absolute atomic E-state index is 0.406. The highest BCUT2D eigenvalue weighted by atomic mass is 32.2. The van der Waals surface area contributed by atoms with Crippen molar-refractivity contribution in [3.05, 3.63) is 29.8 Å². The number of hydrogen-bond donors (Lipinski definition) is 0. The predicted molar refractivity (Wildman–Crippen MR) is 81.7 cm³/mol. The third-order valence-electron chi connectivity index (χ3n) is 3.67. The molecule has 0 bridgehead atoms. The van der Waals surface area contributed by atoms with Crippen LogP contribution >= 0.6 is 0 Å². The molecule has 0 radical (unpaired) electrons. The standard InChI is InChI=1S/C15H20N2O2S/c1-4-14-8-5-9-15(11-14)16(3)20(18,19)17-10-6-7-13(2)12-17/h1,5,8-9,11,13H,6-7,10,12H2,2-3H3. The second kappa shape index (κ2) is 5.86. The van der Waals surface area contributed by atoms with Gasteiger partial charge in [-0.2, -0.15) is 12.7 Å². The average molecular weight is 292 g/mol. The van der Waals surface area contributed by atoms with Crippen LogP contribution in [-0.2, 0) is 10.2 Å². The molecule has 0 N–H and O–H groups in total. The fourth-order valence-electron chi connectivity index (χ4n) is 2.45. The molecular formula is C15H20N2O2S. The van der Waals surface area contributed by atoms with Crippen LogP contribution in [0.15, 0.2) is 24.3 Å². The highest BCUT2D eigenvalue weighted by molar-refractivity contribution is 7.90. The van der Waals surface area contributed by atoms with Crippen molar-refractivity contribution in [2.45, 2.75) is 19.8 Å². The Hall–Kier alpha value is -1.51. The molecule has 0 aliphatic carbocycles. The molecule has 1 unspecified atom stereocenters. The summed E-state index contributed by atoms with van der Waals surface area (Å²) in [5.74, 6) is 2.93. The smallest absolute Gasteiger partial charge is 0.261 e. The number of benzene rings is 1. The fraction of sp³-hybridized carbons (Fsp3) is 0.467. The van der Waals surface area contributed by atoms with Gasteiger partial charge in [-0.1, -0.05) is 18.9 Å². The first-order chi connectivity index (χ1) is 9.45. The van der Waals surface area contributed by atoms with Gasteiger partial charge in [0.25, 0.3) is 0 Å². The Morgan fingerprint density at radius 1 is 1.45 bits per heavy atom. The van der Waals surface area contributed by atoms with E-state index in [1.807, 2.05) is 0 Å². The van der Waals surface area contributed by atoms with E-state index in [-0.39, 0.29) is 0 Å². The number of terminal acetylenes is 1. The largest absolute Gasteiger partial charge is 0.303 e. The summed E-state index contributed by atoms with van der Waals surface area (Å²) in [6.07, 6.45) is 7.36. The molecule has 0 amide bonds. The van der Waals surface area contributed by atoms with Gasteiger partial charge in [0.1, 0.15) is 0 Å². The van der Waals surface area contributed by atoms with Crippen LogP contribution in [-0.4, -0.2) is 32.9 Å². The SMILES string of the molecule is C#Cc1cccc(N(C)S(=O)(=O)N2CCCC(C)C2)c1. The Bertz CT molecular complexity index is 619. The minimum atomic E-state index is -3.47. The van der Waals surface area contributed by atoms with E-state index in [9.17, 15) is 8.42 Å². The van der Waals surface area contributed by atoms with Crippen molar-refractivity contribution < 1.29 is 8.42 Å². The molecule has 1 saturated heterocycles. The summed E-state index contributed by atoms with van der Waals surface area (Å²) < 4.78 is 28.1. The third kappa shape index (κ3) is 2.97. The monoisotopic (exact) mass is 292 g/mol. The van der Waals surface area contributed by atoms with Gasteiger partial charge in [0.15, 0.2) is 0 Å². The zero-order valence-electron chi connectivity index (χ0n) is 11.9. The van der Waals surface area contributed by atoms with Crippen molar-refractivity contribution in [3.8, 4) is 12.3 Å². The molecule has 108 valence electrons. The van der Waals surface area contributed by atoms with E-state index in [0.29, 0.717) is 30.3 Å². The third-order valence-corrected chi connectivity index (χ3v) is 5.56. The van der Waals surface area contributed by atoms with E-state index in [1.165, 1.54) is 4.31 Å². The molecule has 2 rings (SSSR count). The number of anilines is 1. The Balaban J connectivity index is 2.26. The highest BCUT2D eigenvalue weighted by Gasteiger charge is 2.30. The van der Waals surface area contributed by atoms with Gasteiger partial charge in [0.05, 0.1) is 5.69 Å². The summed E-state index contributed by atoms with van der Waals surface area (Å²) in [7, 11) is -1.90. The minimum Gasteiger partial charge on any atom is -0.261 e. The van der Waals surface area contributed by atoms with Crippen molar-refractivity contribution in [2.75, 3.05) is 24.4 Å². The lowest BCUT2D eigenvalue weighted by molar-refractivity contribution is 0.281. The Kier molecular flexibility index (Phi) is 4.36. The molecule has 1 heterocycles. The van der Waals surface area contributed by atoms with Gasteiger partial charge >= 0.3 is 10.2 Å². The number of hydrogen-bond acceptors (Lipinski definition) is 2. The Morgan fingerprint density at radius 3 is 2.85 bits per heavy atom. The lowest BCUT2D eigenvalue weighted by Gasteiger charge is -2.33. The van der Waals surface area contributed by atoms with Crippen molar-refractivity contribution in [1.29, 1.82) is 0 Å². The van der Waals surface area contributed by atoms with Crippen LogP contribution < -0.4 is 4.31 Å². The van der Waals surface area contributed by atoms with Gasteiger partial charge in [-0.3, -0.25) is 4.31 Å². The second-order valence-electron chi connectivity index (χ2n) is 5.28. The summed E-state index contributed by atoms with van der Waals surface area (Å²) in [5.41, 5.74) is 1.27.